The van der Waals surface area contributed by atoms with Crippen LogP contribution in [0.5, 0.6) is 0 Å². The summed E-state index contributed by atoms with van der Waals surface area (Å²) in [6.07, 6.45) is 2.17. The molecule has 0 radical (unpaired) electrons. The van der Waals surface area contributed by atoms with Crippen LogP contribution in [0, 0.1) is 6.92 Å². The van der Waals surface area contributed by atoms with E-state index in [1.54, 1.807) is 0 Å². The number of primary amides is 1. The fourth-order valence-corrected chi connectivity index (χ4v) is 1.82. The van der Waals surface area contributed by atoms with Gasteiger partial charge in [-0.25, -0.2) is 0 Å². The van der Waals surface area contributed by atoms with Crippen LogP contribution in [0.1, 0.15) is 24.0 Å². The highest BCUT2D eigenvalue weighted by Crippen LogP contribution is 2.45. The van der Waals surface area contributed by atoms with Crippen LogP contribution in [-0.4, -0.2) is 12.5 Å². The predicted octanol–water partition coefficient (Wildman–Crippen LogP) is 1.06. The van der Waals surface area contributed by atoms with E-state index in [2.05, 4.69) is 36.5 Å². The van der Waals surface area contributed by atoms with Gasteiger partial charge in [0, 0.05) is 5.54 Å². The maximum Gasteiger partial charge on any atom is 0.231 e. The Hall–Kier alpha value is -1.35. The average Bonchev–Trinajstić information content (AvgIpc) is 2.97. The highest BCUT2D eigenvalue weighted by atomic mass is 16.1. The molecule has 2 rings (SSSR count). The van der Waals surface area contributed by atoms with E-state index in [-0.39, 0.29) is 18.0 Å². The summed E-state index contributed by atoms with van der Waals surface area (Å²) in [4.78, 5) is 10.7. The molecule has 1 aliphatic carbocycles. The largest absolute Gasteiger partial charge is 0.369 e. The van der Waals surface area contributed by atoms with E-state index in [1.165, 1.54) is 11.1 Å². The molecular formula is C12H16N2O. The third kappa shape index (κ3) is 2.18. The van der Waals surface area contributed by atoms with Gasteiger partial charge in [-0.2, -0.15) is 0 Å². The van der Waals surface area contributed by atoms with Crippen molar-refractivity contribution in [2.75, 3.05) is 6.54 Å². The molecule has 1 fully saturated rings. The van der Waals surface area contributed by atoms with Gasteiger partial charge in [-0.15, -0.1) is 0 Å². The highest BCUT2D eigenvalue weighted by molar-refractivity contribution is 5.76. The monoisotopic (exact) mass is 204 g/mol. The first-order valence-electron chi connectivity index (χ1n) is 5.23. The predicted molar refractivity (Wildman–Crippen MR) is 59.3 cm³/mol. The zero-order chi connectivity index (χ0) is 10.9. The Balaban J connectivity index is 2.09. The summed E-state index contributed by atoms with van der Waals surface area (Å²) >= 11 is 0. The average molecular weight is 204 g/mol. The first kappa shape index (κ1) is 10.2. The van der Waals surface area contributed by atoms with Gasteiger partial charge in [0.25, 0.3) is 0 Å². The van der Waals surface area contributed by atoms with Crippen molar-refractivity contribution in [3.05, 3.63) is 35.4 Å². The van der Waals surface area contributed by atoms with Crippen LogP contribution in [0.25, 0.3) is 0 Å². The Morgan fingerprint density at radius 2 is 2.00 bits per heavy atom. The molecule has 1 amide bonds. The second-order valence-corrected chi connectivity index (χ2v) is 4.27. The lowest BCUT2D eigenvalue weighted by Gasteiger charge is -2.16. The molecule has 15 heavy (non-hydrogen) atoms. The second-order valence-electron chi connectivity index (χ2n) is 4.27. The number of nitrogens with two attached hydrogens (primary N) is 1. The minimum Gasteiger partial charge on any atom is -0.369 e. The van der Waals surface area contributed by atoms with Crippen molar-refractivity contribution in [2.45, 2.75) is 25.3 Å². The minimum absolute atomic E-state index is 0.0166. The zero-order valence-electron chi connectivity index (χ0n) is 8.92. The molecule has 0 spiro atoms. The molecule has 3 N–H and O–H groups in total. The van der Waals surface area contributed by atoms with Gasteiger partial charge in [0.15, 0.2) is 0 Å². The van der Waals surface area contributed by atoms with Crippen LogP contribution in [-0.2, 0) is 10.3 Å². The summed E-state index contributed by atoms with van der Waals surface area (Å²) in [7, 11) is 0. The first-order chi connectivity index (χ1) is 7.12. The molecule has 80 valence electrons. The van der Waals surface area contributed by atoms with Crippen molar-refractivity contribution in [1.29, 1.82) is 0 Å². The Morgan fingerprint density at radius 1 is 1.40 bits per heavy atom. The molecule has 0 heterocycles. The highest BCUT2D eigenvalue weighted by Gasteiger charge is 2.43. The lowest BCUT2D eigenvalue weighted by atomic mass is 10.0. The van der Waals surface area contributed by atoms with Crippen molar-refractivity contribution in [1.82, 2.24) is 5.32 Å². The Labute approximate surface area is 89.7 Å². The van der Waals surface area contributed by atoms with Crippen molar-refractivity contribution < 1.29 is 4.79 Å². The Morgan fingerprint density at radius 3 is 2.47 bits per heavy atom. The minimum atomic E-state index is -0.298. The third-order valence-electron chi connectivity index (χ3n) is 2.96. The molecule has 1 saturated carbocycles. The fraction of sp³-hybridized carbons (Fsp3) is 0.417. The number of amides is 1. The van der Waals surface area contributed by atoms with E-state index >= 15 is 0 Å². The standard InChI is InChI=1S/C12H16N2O/c1-9-2-4-10(5-3-9)12(6-7-12)14-8-11(13)15/h2-5,14H,6-8H2,1H3,(H2,13,15). The molecule has 1 aromatic rings. The van der Waals surface area contributed by atoms with Crippen LogP contribution in [0.2, 0.25) is 0 Å². The molecule has 1 aliphatic rings. The van der Waals surface area contributed by atoms with Gasteiger partial charge in [-0.1, -0.05) is 29.8 Å². The molecule has 0 aromatic heterocycles. The normalized spacial score (nSPS) is 17.4. The van der Waals surface area contributed by atoms with Crippen molar-refractivity contribution in [3.8, 4) is 0 Å². The van der Waals surface area contributed by atoms with E-state index < -0.39 is 0 Å². The lowest BCUT2D eigenvalue weighted by molar-refractivity contribution is -0.117. The van der Waals surface area contributed by atoms with Gasteiger partial charge >= 0.3 is 0 Å². The summed E-state index contributed by atoms with van der Waals surface area (Å²) in [5, 5.41) is 3.23. The van der Waals surface area contributed by atoms with E-state index in [9.17, 15) is 4.79 Å². The number of aryl methyl sites for hydroxylation is 1. The molecule has 3 nitrogen and oxygen atoms in total. The number of hydrogen-bond acceptors (Lipinski definition) is 2. The lowest BCUT2D eigenvalue weighted by Crippen LogP contribution is -2.36. The number of benzene rings is 1. The van der Waals surface area contributed by atoms with E-state index in [0.29, 0.717) is 0 Å². The maximum atomic E-state index is 10.7. The number of rotatable bonds is 4. The van der Waals surface area contributed by atoms with Gasteiger partial charge in [-0.05, 0) is 25.3 Å². The van der Waals surface area contributed by atoms with Crippen LogP contribution < -0.4 is 11.1 Å². The van der Waals surface area contributed by atoms with Crippen molar-refractivity contribution >= 4 is 5.91 Å². The smallest absolute Gasteiger partial charge is 0.231 e. The van der Waals surface area contributed by atoms with E-state index in [1.807, 2.05) is 0 Å². The van der Waals surface area contributed by atoms with Gasteiger partial charge in [-0.3, -0.25) is 10.1 Å². The fourth-order valence-electron chi connectivity index (χ4n) is 1.82. The van der Waals surface area contributed by atoms with Crippen molar-refractivity contribution in [2.24, 2.45) is 5.73 Å². The first-order valence-corrected chi connectivity index (χ1v) is 5.23. The van der Waals surface area contributed by atoms with Gasteiger partial charge in [0.05, 0.1) is 6.54 Å². The molecule has 1 aromatic carbocycles. The second kappa shape index (κ2) is 3.66. The van der Waals surface area contributed by atoms with Crippen LogP contribution in [0.15, 0.2) is 24.3 Å². The molecular weight excluding hydrogens is 188 g/mol. The van der Waals surface area contributed by atoms with Gasteiger partial charge < -0.3 is 5.73 Å². The molecule has 0 unspecified atom stereocenters. The topological polar surface area (TPSA) is 55.1 Å². The summed E-state index contributed by atoms with van der Waals surface area (Å²) in [5.41, 5.74) is 7.66. The SMILES string of the molecule is Cc1ccc(C2(NCC(N)=O)CC2)cc1. The van der Waals surface area contributed by atoms with E-state index in [4.69, 9.17) is 5.73 Å². The molecule has 0 saturated heterocycles. The molecule has 0 atom stereocenters. The summed E-state index contributed by atoms with van der Waals surface area (Å²) in [5.74, 6) is -0.298. The quantitative estimate of drug-likeness (QED) is 0.770. The summed E-state index contributed by atoms with van der Waals surface area (Å²) < 4.78 is 0. The van der Waals surface area contributed by atoms with Gasteiger partial charge in [0.2, 0.25) is 5.91 Å². The molecule has 0 bridgehead atoms. The van der Waals surface area contributed by atoms with Crippen LogP contribution in [0.4, 0.5) is 0 Å². The molecule has 0 aliphatic heterocycles. The van der Waals surface area contributed by atoms with Crippen molar-refractivity contribution in [3.63, 3.8) is 0 Å². The van der Waals surface area contributed by atoms with Crippen LogP contribution >= 0.6 is 0 Å². The number of nitrogens with one attached hydrogen (secondary N) is 1. The Bertz CT molecular complexity index is 366. The number of carbonyl (C=O) groups is 1. The number of hydrogen-bond donors (Lipinski definition) is 2. The summed E-state index contributed by atoms with van der Waals surface area (Å²) in [6, 6.07) is 8.44. The van der Waals surface area contributed by atoms with Crippen LogP contribution in [0.3, 0.4) is 0 Å². The third-order valence-corrected chi connectivity index (χ3v) is 2.96. The maximum absolute atomic E-state index is 10.7. The summed E-state index contributed by atoms with van der Waals surface area (Å²) in [6.45, 7) is 2.33. The zero-order valence-corrected chi connectivity index (χ0v) is 8.92. The van der Waals surface area contributed by atoms with Gasteiger partial charge in [0.1, 0.15) is 0 Å². The molecule has 3 heteroatoms. The number of carbonyl (C=O) groups excluding carboxylic acids is 1. The Kier molecular flexibility index (Phi) is 2.49. The van der Waals surface area contributed by atoms with E-state index in [0.717, 1.165) is 12.8 Å².